The molecule has 0 aromatic heterocycles. The van der Waals surface area contributed by atoms with Crippen LogP contribution in [0.4, 0.5) is 0 Å². The zero-order valence-corrected chi connectivity index (χ0v) is 12.0. The van der Waals surface area contributed by atoms with Gasteiger partial charge < -0.3 is 4.74 Å². The van der Waals surface area contributed by atoms with Crippen molar-refractivity contribution >= 4 is 15.5 Å². The van der Waals surface area contributed by atoms with Gasteiger partial charge in [-0.15, -0.1) is 0 Å². The van der Waals surface area contributed by atoms with Gasteiger partial charge in [0.1, 0.15) is 0 Å². The molecule has 0 radical (unpaired) electrons. The highest BCUT2D eigenvalue weighted by atomic mass is 28.2. The minimum Gasteiger partial charge on any atom is -0.435 e. The maximum Gasteiger partial charge on any atom is 0.307 e. The van der Waals surface area contributed by atoms with E-state index in [9.17, 15) is 4.79 Å². The summed E-state index contributed by atoms with van der Waals surface area (Å²) in [5, 5.41) is 0. The summed E-state index contributed by atoms with van der Waals surface area (Å²) in [5.41, 5.74) is 0. The Morgan fingerprint density at radius 1 is 1.27 bits per heavy atom. The van der Waals surface area contributed by atoms with E-state index in [4.69, 9.17) is 0 Å². The van der Waals surface area contributed by atoms with E-state index < -0.39 is 0 Å². The van der Waals surface area contributed by atoms with Crippen molar-refractivity contribution < 1.29 is 9.53 Å². The summed E-state index contributed by atoms with van der Waals surface area (Å²) < 4.78 is 4.17. The van der Waals surface area contributed by atoms with Crippen molar-refractivity contribution in [2.45, 2.75) is 58.5 Å². The Morgan fingerprint density at radius 3 is 1.93 bits per heavy atom. The summed E-state index contributed by atoms with van der Waals surface area (Å²) >= 11 is 0. The van der Waals surface area contributed by atoms with Crippen molar-refractivity contribution in [1.29, 1.82) is 0 Å². The summed E-state index contributed by atoms with van der Waals surface area (Å²) in [6.45, 7) is 9.05. The molecule has 0 aliphatic carbocycles. The van der Waals surface area contributed by atoms with Crippen molar-refractivity contribution in [2.75, 3.05) is 0 Å². The van der Waals surface area contributed by atoms with E-state index in [0.717, 1.165) is 6.26 Å². The Morgan fingerprint density at radius 2 is 1.73 bits per heavy atom. The van der Waals surface area contributed by atoms with Gasteiger partial charge in [0.2, 0.25) is 0 Å². The van der Waals surface area contributed by atoms with Crippen LogP contribution in [0, 0.1) is 0 Å². The molecule has 0 heterocycles. The highest BCUT2D eigenvalue weighted by molar-refractivity contribution is 6.35. The van der Waals surface area contributed by atoms with Gasteiger partial charge in [-0.1, -0.05) is 58.2 Å². The number of carbonyl (C=O) groups is 1. The van der Waals surface area contributed by atoms with Crippen LogP contribution >= 0.6 is 0 Å². The third-order valence-corrected chi connectivity index (χ3v) is 3.96. The molecule has 2 nitrogen and oxygen atoms in total. The molecule has 3 heteroatoms. The molecule has 0 spiro atoms. The Balaban J connectivity index is 0. The number of carbonyl (C=O) groups excluding carboxylic acids is 1. The standard InChI is InChI=1S/C8H20Si.C4H6O2/c1-3-5-7-9-8-6-4-2;1-3-6-4(2)5/h3-9H2,1-2H3;3H,1H2,2H3. The number of ether oxygens (including phenoxy) is 1. The Hall–Kier alpha value is -0.573. The van der Waals surface area contributed by atoms with Gasteiger partial charge in [-0.3, -0.25) is 4.79 Å². The average molecular weight is 230 g/mol. The summed E-state index contributed by atoms with van der Waals surface area (Å²) in [7, 11) is 0.389. The summed E-state index contributed by atoms with van der Waals surface area (Å²) in [6.07, 6.45) is 6.90. The van der Waals surface area contributed by atoms with Crippen LogP contribution in [0.3, 0.4) is 0 Å². The number of hydrogen-bond acceptors (Lipinski definition) is 2. The number of hydrogen-bond donors (Lipinski definition) is 0. The summed E-state index contributed by atoms with van der Waals surface area (Å²) in [5.74, 6) is -0.329. The molecule has 15 heavy (non-hydrogen) atoms. The van der Waals surface area contributed by atoms with Gasteiger partial charge in [0.05, 0.1) is 6.26 Å². The number of unbranched alkanes of at least 4 members (excludes halogenated alkanes) is 2. The van der Waals surface area contributed by atoms with Crippen LogP contribution in [-0.4, -0.2) is 15.5 Å². The quantitative estimate of drug-likeness (QED) is 0.290. The topological polar surface area (TPSA) is 26.3 Å². The van der Waals surface area contributed by atoms with E-state index in [-0.39, 0.29) is 5.97 Å². The van der Waals surface area contributed by atoms with Crippen LogP contribution in [-0.2, 0) is 9.53 Å². The molecule has 0 atom stereocenters. The molecule has 0 aliphatic heterocycles. The average Bonchev–Trinajstić information content (AvgIpc) is 2.18. The van der Waals surface area contributed by atoms with E-state index >= 15 is 0 Å². The lowest BCUT2D eigenvalue weighted by atomic mass is 10.4. The molecule has 90 valence electrons. The van der Waals surface area contributed by atoms with Crippen molar-refractivity contribution in [3.8, 4) is 0 Å². The fourth-order valence-electron chi connectivity index (χ4n) is 1.15. The number of esters is 1. The van der Waals surface area contributed by atoms with Crippen molar-refractivity contribution in [1.82, 2.24) is 0 Å². The van der Waals surface area contributed by atoms with Crippen LogP contribution in [0.15, 0.2) is 12.8 Å². The first-order chi connectivity index (χ1) is 7.18. The summed E-state index contributed by atoms with van der Waals surface area (Å²) in [4.78, 5) is 9.75. The Bertz CT molecular complexity index is 141. The molecule has 0 bridgehead atoms. The highest BCUT2D eigenvalue weighted by Gasteiger charge is 1.86. The first-order valence-electron chi connectivity index (χ1n) is 5.97. The highest BCUT2D eigenvalue weighted by Crippen LogP contribution is 1.99. The van der Waals surface area contributed by atoms with Crippen LogP contribution in [0.1, 0.15) is 46.5 Å². The third-order valence-electron chi connectivity index (χ3n) is 1.96. The third kappa shape index (κ3) is 24.7. The fourth-order valence-corrected chi connectivity index (χ4v) is 3.21. The second kappa shape index (κ2) is 15.9. The molecule has 0 amide bonds. The maximum absolute atomic E-state index is 9.75. The van der Waals surface area contributed by atoms with Gasteiger partial charge in [0.15, 0.2) is 0 Å². The molecular weight excluding hydrogens is 204 g/mol. The lowest BCUT2D eigenvalue weighted by molar-refractivity contribution is -0.135. The second-order valence-corrected chi connectivity index (χ2v) is 5.67. The maximum atomic E-state index is 9.75. The predicted octanol–water partition coefficient (Wildman–Crippen LogP) is 3.29. The molecule has 0 aliphatic rings. The predicted molar refractivity (Wildman–Crippen MR) is 69.9 cm³/mol. The smallest absolute Gasteiger partial charge is 0.307 e. The largest absolute Gasteiger partial charge is 0.435 e. The molecular formula is C12H26O2Si. The Labute approximate surface area is 96.9 Å². The first kappa shape index (κ1) is 16.8. The molecule has 0 aromatic rings. The van der Waals surface area contributed by atoms with E-state index in [1.165, 1.54) is 32.6 Å². The van der Waals surface area contributed by atoms with Gasteiger partial charge in [-0.25, -0.2) is 0 Å². The van der Waals surface area contributed by atoms with Gasteiger partial charge in [-0.05, 0) is 0 Å². The Kier molecular flexibility index (Phi) is 17.8. The minimum atomic E-state index is -0.329. The van der Waals surface area contributed by atoms with E-state index in [1.807, 2.05) is 0 Å². The minimum absolute atomic E-state index is 0.329. The molecule has 0 unspecified atom stereocenters. The van der Waals surface area contributed by atoms with Gasteiger partial charge >= 0.3 is 5.97 Å². The first-order valence-corrected chi connectivity index (χ1v) is 7.97. The lowest BCUT2D eigenvalue weighted by Crippen LogP contribution is -1.87. The van der Waals surface area contributed by atoms with Gasteiger partial charge in [-0.2, -0.15) is 0 Å². The molecule has 0 saturated heterocycles. The lowest BCUT2D eigenvalue weighted by Gasteiger charge is -1.95. The zero-order chi connectivity index (χ0) is 11.9. The van der Waals surface area contributed by atoms with E-state index in [0.29, 0.717) is 9.52 Å². The van der Waals surface area contributed by atoms with Gasteiger partial charge in [0.25, 0.3) is 0 Å². The monoisotopic (exact) mass is 230 g/mol. The second-order valence-electron chi connectivity index (χ2n) is 3.54. The molecule has 0 fully saturated rings. The van der Waals surface area contributed by atoms with Crippen molar-refractivity contribution in [3.05, 3.63) is 12.8 Å². The van der Waals surface area contributed by atoms with Crippen LogP contribution in [0.5, 0.6) is 0 Å². The normalized spacial score (nSPS) is 8.73. The molecule has 0 rings (SSSR count). The van der Waals surface area contributed by atoms with Crippen LogP contribution < -0.4 is 0 Å². The van der Waals surface area contributed by atoms with Crippen LogP contribution in [0.25, 0.3) is 0 Å². The molecule has 0 aromatic carbocycles. The van der Waals surface area contributed by atoms with Crippen molar-refractivity contribution in [3.63, 3.8) is 0 Å². The van der Waals surface area contributed by atoms with E-state index in [1.54, 1.807) is 12.1 Å². The SMILES string of the molecule is C=COC(C)=O.CCCC[SiH2]CCCC. The number of rotatable bonds is 7. The van der Waals surface area contributed by atoms with Crippen molar-refractivity contribution in [2.24, 2.45) is 0 Å². The molecule has 0 N–H and O–H groups in total. The fraction of sp³-hybridized carbons (Fsp3) is 0.750. The van der Waals surface area contributed by atoms with Gasteiger partial charge in [0, 0.05) is 16.4 Å². The molecule has 0 saturated carbocycles. The zero-order valence-electron chi connectivity index (χ0n) is 10.6. The summed E-state index contributed by atoms with van der Waals surface area (Å²) in [6, 6.07) is 3.19. The van der Waals surface area contributed by atoms with E-state index in [2.05, 4.69) is 25.2 Å². The van der Waals surface area contributed by atoms with Crippen LogP contribution in [0.2, 0.25) is 12.1 Å².